The highest BCUT2D eigenvalue weighted by atomic mass is 32.1. The van der Waals surface area contributed by atoms with Gasteiger partial charge in [-0.15, -0.1) is 5.48 Å². The van der Waals surface area contributed by atoms with Crippen LogP contribution in [0, 0.1) is 0 Å². The van der Waals surface area contributed by atoms with Gasteiger partial charge in [-0.1, -0.05) is 36.9 Å². The van der Waals surface area contributed by atoms with Gasteiger partial charge in [0.05, 0.1) is 6.54 Å². The molecule has 1 N–H and O–H groups in total. The molecular formula is C9H11NO2S2. The van der Waals surface area contributed by atoms with Gasteiger partial charge in [-0.05, 0) is 11.1 Å². The molecular weight excluding hydrogens is 218 g/mol. The van der Waals surface area contributed by atoms with Crippen molar-refractivity contribution in [2.24, 2.45) is 0 Å². The monoisotopic (exact) mass is 229 g/mol. The number of carbonyl (C=O) groups excluding carboxylic acids is 1. The smallest absolute Gasteiger partial charge is 0.362 e. The van der Waals surface area contributed by atoms with E-state index >= 15 is 0 Å². The Balaban J connectivity index is 2.40. The van der Waals surface area contributed by atoms with Crippen molar-refractivity contribution >= 4 is 30.6 Å². The summed E-state index contributed by atoms with van der Waals surface area (Å²) in [7, 11) is 0. The van der Waals surface area contributed by atoms with Gasteiger partial charge in [0.1, 0.15) is 0 Å². The Morgan fingerprint density at radius 3 is 2.36 bits per heavy atom. The molecule has 1 aromatic rings. The quantitative estimate of drug-likeness (QED) is 0.547. The molecule has 0 radical (unpaired) electrons. The van der Waals surface area contributed by atoms with Gasteiger partial charge in [0, 0.05) is 5.75 Å². The Labute approximate surface area is 93.6 Å². The molecule has 1 aromatic carbocycles. The van der Waals surface area contributed by atoms with Gasteiger partial charge in [-0.2, -0.15) is 12.6 Å². The molecule has 0 unspecified atom stereocenters. The van der Waals surface area contributed by atoms with Crippen LogP contribution in [0.5, 0.6) is 0 Å². The Morgan fingerprint density at radius 2 is 1.86 bits per heavy atom. The van der Waals surface area contributed by atoms with Crippen LogP contribution in [-0.4, -0.2) is 5.30 Å². The number of nitrogens with one attached hydrogen (secondary N) is 1. The van der Waals surface area contributed by atoms with Crippen LogP contribution in [0.4, 0.5) is 4.79 Å². The average Bonchev–Trinajstić information content (AvgIpc) is 2.18. The molecule has 0 amide bonds. The van der Waals surface area contributed by atoms with Crippen LogP contribution in [0.2, 0.25) is 0 Å². The summed E-state index contributed by atoms with van der Waals surface area (Å²) in [6.07, 6.45) is 0. The molecule has 0 aliphatic carbocycles. The predicted octanol–water partition coefficient (Wildman–Crippen LogP) is 2.19. The summed E-state index contributed by atoms with van der Waals surface area (Å²) in [6.45, 7) is 0.471. The van der Waals surface area contributed by atoms with Crippen molar-refractivity contribution in [3.63, 3.8) is 0 Å². The summed E-state index contributed by atoms with van der Waals surface area (Å²) in [6, 6.07) is 7.86. The van der Waals surface area contributed by atoms with E-state index in [1.807, 2.05) is 24.3 Å². The van der Waals surface area contributed by atoms with Crippen LogP contribution < -0.4 is 5.48 Å². The second-order valence-electron chi connectivity index (χ2n) is 2.66. The molecule has 0 spiro atoms. The fourth-order valence-electron chi connectivity index (χ4n) is 0.944. The lowest BCUT2D eigenvalue weighted by atomic mass is 10.1. The molecule has 0 saturated heterocycles. The Hall–Kier alpha value is -0.650. The van der Waals surface area contributed by atoms with Gasteiger partial charge in [-0.3, -0.25) is 0 Å². The topological polar surface area (TPSA) is 38.3 Å². The standard InChI is InChI=1S/C9H11NO2S2/c11-9(14)12-10-5-7-1-3-8(6-13)4-2-7/h1-4,10,13H,5-6H2,(H,11,14). The molecule has 0 aliphatic rings. The van der Waals surface area contributed by atoms with E-state index in [4.69, 9.17) is 0 Å². The predicted molar refractivity (Wildman–Crippen MR) is 61.4 cm³/mol. The number of thiol groups is 2. The van der Waals surface area contributed by atoms with Crippen molar-refractivity contribution in [3.8, 4) is 0 Å². The number of benzene rings is 1. The zero-order chi connectivity index (χ0) is 10.4. The maximum absolute atomic E-state index is 10.3. The van der Waals surface area contributed by atoms with E-state index in [0.717, 1.165) is 16.9 Å². The van der Waals surface area contributed by atoms with Gasteiger partial charge in [0.15, 0.2) is 0 Å². The van der Waals surface area contributed by atoms with Gasteiger partial charge >= 0.3 is 5.30 Å². The summed E-state index contributed by atoms with van der Waals surface area (Å²) in [5, 5.41) is -0.642. The second kappa shape index (κ2) is 5.95. The molecule has 1 rings (SSSR count). The van der Waals surface area contributed by atoms with Crippen LogP contribution in [-0.2, 0) is 17.1 Å². The van der Waals surface area contributed by atoms with Crippen molar-refractivity contribution in [1.29, 1.82) is 0 Å². The van der Waals surface area contributed by atoms with Crippen molar-refractivity contribution < 1.29 is 9.63 Å². The molecule has 0 atom stereocenters. The van der Waals surface area contributed by atoms with Crippen molar-refractivity contribution in [2.75, 3.05) is 0 Å². The summed E-state index contributed by atoms with van der Waals surface area (Å²) in [4.78, 5) is 14.8. The Bertz CT molecular complexity index is 300. The fourth-order valence-corrected chi connectivity index (χ4v) is 1.22. The Kier molecular flexibility index (Phi) is 4.86. The maximum Gasteiger partial charge on any atom is 0.382 e. The van der Waals surface area contributed by atoms with E-state index in [0.29, 0.717) is 6.54 Å². The minimum Gasteiger partial charge on any atom is -0.362 e. The third kappa shape index (κ3) is 4.04. The minimum atomic E-state index is -0.642. The zero-order valence-electron chi connectivity index (χ0n) is 7.43. The van der Waals surface area contributed by atoms with Gasteiger partial charge in [-0.25, -0.2) is 4.79 Å². The first-order valence-electron chi connectivity index (χ1n) is 4.03. The number of hydrogen-bond acceptors (Lipinski definition) is 4. The SMILES string of the molecule is O=C(S)ONCc1ccc(CS)cc1. The highest BCUT2D eigenvalue weighted by molar-refractivity contribution is 7.96. The zero-order valence-corrected chi connectivity index (χ0v) is 9.22. The molecule has 76 valence electrons. The first-order chi connectivity index (χ1) is 6.72. The number of hydrogen-bond donors (Lipinski definition) is 3. The summed E-state index contributed by atoms with van der Waals surface area (Å²) in [5.74, 6) is 0.722. The third-order valence-electron chi connectivity index (χ3n) is 1.64. The summed E-state index contributed by atoms with van der Waals surface area (Å²) < 4.78 is 0. The van der Waals surface area contributed by atoms with E-state index in [-0.39, 0.29) is 0 Å². The minimum absolute atomic E-state index is 0.471. The first kappa shape index (κ1) is 11.4. The lowest BCUT2D eigenvalue weighted by Gasteiger charge is -2.03. The van der Waals surface area contributed by atoms with Gasteiger partial charge in [0.2, 0.25) is 0 Å². The van der Waals surface area contributed by atoms with E-state index in [9.17, 15) is 4.79 Å². The Morgan fingerprint density at radius 1 is 1.29 bits per heavy atom. The summed E-state index contributed by atoms with van der Waals surface area (Å²) >= 11 is 7.59. The van der Waals surface area contributed by atoms with Gasteiger partial charge in [0.25, 0.3) is 0 Å². The largest absolute Gasteiger partial charge is 0.382 e. The molecule has 0 saturated carbocycles. The van der Waals surface area contributed by atoms with E-state index in [2.05, 4.69) is 35.6 Å². The molecule has 14 heavy (non-hydrogen) atoms. The lowest BCUT2D eigenvalue weighted by Crippen LogP contribution is -2.15. The average molecular weight is 229 g/mol. The van der Waals surface area contributed by atoms with E-state index < -0.39 is 5.30 Å². The van der Waals surface area contributed by atoms with Crippen LogP contribution in [0.1, 0.15) is 11.1 Å². The van der Waals surface area contributed by atoms with Crippen molar-refractivity contribution in [1.82, 2.24) is 5.48 Å². The van der Waals surface area contributed by atoms with Crippen molar-refractivity contribution in [2.45, 2.75) is 12.3 Å². The molecule has 0 fully saturated rings. The molecule has 0 aliphatic heterocycles. The highest BCUT2D eigenvalue weighted by Gasteiger charge is 1.95. The normalized spacial score (nSPS) is 9.86. The van der Waals surface area contributed by atoms with Crippen LogP contribution in [0.15, 0.2) is 24.3 Å². The van der Waals surface area contributed by atoms with E-state index in [1.54, 1.807) is 0 Å². The maximum atomic E-state index is 10.3. The van der Waals surface area contributed by atoms with Crippen LogP contribution >= 0.6 is 25.3 Å². The second-order valence-corrected chi connectivity index (χ2v) is 3.35. The van der Waals surface area contributed by atoms with E-state index in [1.165, 1.54) is 0 Å². The van der Waals surface area contributed by atoms with Crippen LogP contribution in [0.3, 0.4) is 0 Å². The lowest BCUT2D eigenvalue weighted by molar-refractivity contribution is 0.112. The molecule has 0 aromatic heterocycles. The molecule has 5 heteroatoms. The number of carbonyl (C=O) groups is 1. The molecule has 0 bridgehead atoms. The third-order valence-corrected chi connectivity index (χ3v) is 2.10. The highest BCUT2D eigenvalue weighted by Crippen LogP contribution is 2.06. The first-order valence-corrected chi connectivity index (χ1v) is 5.11. The van der Waals surface area contributed by atoms with Gasteiger partial charge < -0.3 is 4.84 Å². The fraction of sp³-hybridized carbons (Fsp3) is 0.222. The van der Waals surface area contributed by atoms with Crippen LogP contribution in [0.25, 0.3) is 0 Å². The van der Waals surface area contributed by atoms with Crippen molar-refractivity contribution in [3.05, 3.63) is 35.4 Å². The molecule has 3 nitrogen and oxygen atoms in total. The number of rotatable bonds is 4. The summed E-state index contributed by atoms with van der Waals surface area (Å²) in [5.41, 5.74) is 4.68. The number of hydroxylamine groups is 1. The molecule has 0 heterocycles.